The van der Waals surface area contributed by atoms with Gasteiger partial charge in [-0.3, -0.25) is 0 Å². The molecule has 0 atom stereocenters. The summed E-state index contributed by atoms with van der Waals surface area (Å²) in [5, 5.41) is 0. The number of nitrogens with zero attached hydrogens (tertiary/aromatic N) is 1. The van der Waals surface area contributed by atoms with Gasteiger partial charge in [0, 0.05) is 24.3 Å². The molecule has 2 aromatic carbocycles. The molecule has 0 bridgehead atoms. The molecule has 1 aliphatic rings. The minimum absolute atomic E-state index is 0.179. The van der Waals surface area contributed by atoms with E-state index in [-0.39, 0.29) is 5.82 Å². The van der Waals surface area contributed by atoms with Gasteiger partial charge in [-0.15, -0.1) is 0 Å². The third-order valence-corrected chi connectivity index (χ3v) is 3.43. The molecule has 0 radical (unpaired) electrons. The summed E-state index contributed by atoms with van der Waals surface area (Å²) in [7, 11) is 0. The molecule has 3 heteroatoms. The van der Waals surface area contributed by atoms with Gasteiger partial charge in [0.15, 0.2) is 0 Å². The van der Waals surface area contributed by atoms with E-state index in [9.17, 15) is 4.39 Å². The molecular weight excluding hydrogens is 241 g/mol. The van der Waals surface area contributed by atoms with Crippen LogP contribution in [0.2, 0.25) is 0 Å². The predicted octanol–water partition coefficient (Wildman–Crippen LogP) is 3.33. The highest BCUT2D eigenvalue weighted by Crippen LogP contribution is 2.25. The highest BCUT2D eigenvalue weighted by Gasteiger charge is 2.11. The van der Waals surface area contributed by atoms with Crippen LogP contribution in [0.4, 0.5) is 10.1 Å². The number of halogens is 1. The lowest BCUT2D eigenvalue weighted by molar-refractivity contribution is 0.122. The van der Waals surface area contributed by atoms with E-state index in [1.165, 1.54) is 11.8 Å². The van der Waals surface area contributed by atoms with Gasteiger partial charge < -0.3 is 9.64 Å². The summed E-state index contributed by atoms with van der Waals surface area (Å²) in [5.41, 5.74) is 2.73. The quantitative estimate of drug-likeness (QED) is 0.818. The van der Waals surface area contributed by atoms with E-state index in [1.54, 1.807) is 12.1 Å². The maximum Gasteiger partial charge on any atom is 0.131 e. The van der Waals surface area contributed by atoms with Crippen LogP contribution >= 0.6 is 0 Å². The van der Waals surface area contributed by atoms with Crippen LogP contribution in [0.15, 0.2) is 48.5 Å². The standard InChI is InChI=1S/C16H16FNO/c17-16-4-2-1-3-15(16)13-5-7-14(8-6-13)18-9-11-19-12-10-18/h1-8H,9-12H2. The lowest BCUT2D eigenvalue weighted by Crippen LogP contribution is -2.36. The van der Waals surface area contributed by atoms with E-state index in [4.69, 9.17) is 4.74 Å². The van der Waals surface area contributed by atoms with Crippen molar-refractivity contribution in [1.29, 1.82) is 0 Å². The van der Waals surface area contributed by atoms with Crippen LogP contribution in [0.1, 0.15) is 0 Å². The van der Waals surface area contributed by atoms with Crippen molar-refractivity contribution in [3.8, 4) is 11.1 Å². The molecule has 2 aromatic rings. The average Bonchev–Trinajstić information content (AvgIpc) is 2.49. The van der Waals surface area contributed by atoms with Crippen molar-refractivity contribution in [2.75, 3.05) is 31.2 Å². The summed E-state index contributed by atoms with van der Waals surface area (Å²) in [6, 6.07) is 14.9. The molecule has 1 fully saturated rings. The van der Waals surface area contributed by atoms with Crippen LogP contribution in [-0.4, -0.2) is 26.3 Å². The summed E-state index contributed by atoms with van der Waals surface area (Å²) in [5.74, 6) is -0.179. The van der Waals surface area contributed by atoms with E-state index in [1.807, 2.05) is 30.3 Å². The predicted molar refractivity (Wildman–Crippen MR) is 74.9 cm³/mol. The lowest BCUT2D eigenvalue weighted by atomic mass is 10.0. The normalized spacial score (nSPS) is 15.5. The number of benzene rings is 2. The smallest absolute Gasteiger partial charge is 0.131 e. The summed E-state index contributed by atoms with van der Waals surface area (Å²) in [6.07, 6.45) is 0. The molecule has 1 heterocycles. The van der Waals surface area contributed by atoms with Crippen LogP contribution in [0.5, 0.6) is 0 Å². The number of hydrogen-bond acceptors (Lipinski definition) is 2. The Morgan fingerprint density at radius 3 is 2.26 bits per heavy atom. The van der Waals surface area contributed by atoms with Crippen molar-refractivity contribution in [3.63, 3.8) is 0 Å². The van der Waals surface area contributed by atoms with Gasteiger partial charge in [0.25, 0.3) is 0 Å². The van der Waals surface area contributed by atoms with Gasteiger partial charge >= 0.3 is 0 Å². The Morgan fingerprint density at radius 2 is 1.58 bits per heavy atom. The average molecular weight is 257 g/mol. The maximum atomic E-state index is 13.7. The van der Waals surface area contributed by atoms with Crippen molar-refractivity contribution in [2.24, 2.45) is 0 Å². The largest absolute Gasteiger partial charge is 0.378 e. The van der Waals surface area contributed by atoms with Crippen molar-refractivity contribution >= 4 is 5.69 Å². The topological polar surface area (TPSA) is 12.5 Å². The van der Waals surface area contributed by atoms with Crippen molar-refractivity contribution in [3.05, 3.63) is 54.3 Å². The molecule has 0 unspecified atom stereocenters. The minimum Gasteiger partial charge on any atom is -0.378 e. The number of anilines is 1. The fraction of sp³-hybridized carbons (Fsp3) is 0.250. The zero-order chi connectivity index (χ0) is 13.1. The maximum absolute atomic E-state index is 13.7. The van der Waals surface area contributed by atoms with E-state index >= 15 is 0 Å². The second-order valence-corrected chi connectivity index (χ2v) is 4.63. The molecule has 19 heavy (non-hydrogen) atoms. The Balaban J connectivity index is 1.84. The molecule has 0 amide bonds. The molecular formula is C16H16FNO. The summed E-state index contributed by atoms with van der Waals surface area (Å²) < 4.78 is 19.0. The Hall–Kier alpha value is -1.87. The number of rotatable bonds is 2. The highest BCUT2D eigenvalue weighted by atomic mass is 19.1. The van der Waals surface area contributed by atoms with Crippen LogP contribution in [0.3, 0.4) is 0 Å². The first-order chi connectivity index (χ1) is 9.34. The molecule has 0 N–H and O–H groups in total. The summed E-state index contributed by atoms with van der Waals surface area (Å²) in [6.45, 7) is 3.38. The Bertz CT molecular complexity index is 547. The summed E-state index contributed by atoms with van der Waals surface area (Å²) >= 11 is 0. The Labute approximate surface area is 112 Å². The molecule has 98 valence electrons. The fourth-order valence-corrected chi connectivity index (χ4v) is 2.37. The number of hydrogen-bond donors (Lipinski definition) is 0. The molecule has 1 aliphatic heterocycles. The van der Waals surface area contributed by atoms with Crippen molar-refractivity contribution < 1.29 is 9.13 Å². The first-order valence-electron chi connectivity index (χ1n) is 6.52. The van der Waals surface area contributed by atoms with Gasteiger partial charge in [0.2, 0.25) is 0 Å². The fourth-order valence-electron chi connectivity index (χ4n) is 2.37. The van der Waals surface area contributed by atoms with Crippen molar-refractivity contribution in [2.45, 2.75) is 0 Å². The molecule has 0 spiro atoms. The first kappa shape index (κ1) is 12.2. The van der Waals surface area contributed by atoms with E-state index in [2.05, 4.69) is 4.90 Å². The van der Waals surface area contributed by atoms with Gasteiger partial charge in [-0.05, 0) is 23.8 Å². The molecule has 1 saturated heterocycles. The third-order valence-electron chi connectivity index (χ3n) is 3.43. The Morgan fingerprint density at radius 1 is 0.895 bits per heavy atom. The molecule has 2 nitrogen and oxygen atoms in total. The molecule has 0 aromatic heterocycles. The van der Waals surface area contributed by atoms with Gasteiger partial charge in [-0.2, -0.15) is 0 Å². The zero-order valence-electron chi connectivity index (χ0n) is 10.7. The Kier molecular flexibility index (Phi) is 3.47. The van der Waals surface area contributed by atoms with E-state index < -0.39 is 0 Å². The van der Waals surface area contributed by atoms with Crippen LogP contribution in [0, 0.1) is 5.82 Å². The van der Waals surface area contributed by atoms with Crippen LogP contribution in [-0.2, 0) is 4.74 Å². The first-order valence-corrected chi connectivity index (χ1v) is 6.52. The lowest BCUT2D eigenvalue weighted by Gasteiger charge is -2.28. The van der Waals surface area contributed by atoms with Gasteiger partial charge in [0.1, 0.15) is 5.82 Å². The molecule has 3 rings (SSSR count). The SMILES string of the molecule is Fc1ccccc1-c1ccc(N2CCOCC2)cc1. The summed E-state index contributed by atoms with van der Waals surface area (Å²) in [4.78, 5) is 2.29. The monoisotopic (exact) mass is 257 g/mol. The van der Waals surface area contributed by atoms with E-state index in [0.717, 1.165) is 31.9 Å². The molecule has 0 aliphatic carbocycles. The number of ether oxygens (including phenoxy) is 1. The van der Waals surface area contributed by atoms with Crippen molar-refractivity contribution in [1.82, 2.24) is 0 Å². The number of morpholine rings is 1. The van der Waals surface area contributed by atoms with E-state index in [0.29, 0.717) is 5.56 Å². The highest BCUT2D eigenvalue weighted by molar-refractivity contribution is 5.66. The van der Waals surface area contributed by atoms with Crippen LogP contribution in [0.25, 0.3) is 11.1 Å². The van der Waals surface area contributed by atoms with Gasteiger partial charge in [-0.25, -0.2) is 4.39 Å². The zero-order valence-corrected chi connectivity index (χ0v) is 10.7. The van der Waals surface area contributed by atoms with Gasteiger partial charge in [0.05, 0.1) is 13.2 Å². The second kappa shape index (κ2) is 5.41. The second-order valence-electron chi connectivity index (χ2n) is 4.63. The minimum atomic E-state index is -0.179. The third kappa shape index (κ3) is 2.61. The van der Waals surface area contributed by atoms with Crippen LogP contribution < -0.4 is 4.90 Å². The van der Waals surface area contributed by atoms with Gasteiger partial charge in [-0.1, -0.05) is 30.3 Å². The molecule has 0 saturated carbocycles.